The molecular weight excluding hydrogens is 437 g/mol. The molecule has 0 saturated carbocycles. The summed E-state index contributed by atoms with van der Waals surface area (Å²) in [5.74, 6) is -0.460. The van der Waals surface area contributed by atoms with Gasteiger partial charge in [-0.2, -0.15) is 0 Å². The maximum atomic E-state index is 13.9. The van der Waals surface area contributed by atoms with Crippen molar-refractivity contribution in [3.05, 3.63) is 94.6 Å². The van der Waals surface area contributed by atoms with Crippen molar-refractivity contribution in [1.82, 2.24) is 4.57 Å². The monoisotopic (exact) mass is 457 g/mol. The number of halogens is 1. The molecule has 1 aliphatic heterocycles. The molecule has 6 nitrogen and oxygen atoms in total. The standard InChI is InChI=1S/C27H20FNO5/c1-15-10-18(33-27(31)19-6-4-5-7-21(19)28)13-23-25(15)26(30)24(34-23)11-16-14-29(2)22-9-8-17(32-3)12-20(16)22/h4-14H,1-3H3/b24-11-. The van der Waals surface area contributed by atoms with Crippen LogP contribution in [0.3, 0.4) is 0 Å². The molecule has 0 N–H and O–H groups in total. The van der Waals surface area contributed by atoms with Crippen molar-refractivity contribution < 1.29 is 28.2 Å². The first-order chi connectivity index (χ1) is 16.4. The second-order valence-corrected chi connectivity index (χ2v) is 8.00. The number of rotatable bonds is 4. The summed E-state index contributed by atoms with van der Waals surface area (Å²) in [6, 6.07) is 14.3. The van der Waals surface area contributed by atoms with E-state index in [4.69, 9.17) is 14.2 Å². The maximum Gasteiger partial charge on any atom is 0.346 e. The highest BCUT2D eigenvalue weighted by molar-refractivity contribution is 6.16. The molecule has 0 unspecified atom stereocenters. The quantitative estimate of drug-likeness (QED) is 0.231. The van der Waals surface area contributed by atoms with Gasteiger partial charge in [0.1, 0.15) is 23.1 Å². The number of carbonyl (C=O) groups excluding carboxylic acids is 2. The third-order valence-electron chi connectivity index (χ3n) is 5.76. The van der Waals surface area contributed by atoms with Crippen molar-refractivity contribution in [3.8, 4) is 17.2 Å². The third kappa shape index (κ3) is 3.61. The van der Waals surface area contributed by atoms with Crippen molar-refractivity contribution in [2.24, 2.45) is 7.05 Å². The topological polar surface area (TPSA) is 66.8 Å². The van der Waals surface area contributed by atoms with Gasteiger partial charge in [0.05, 0.1) is 18.2 Å². The van der Waals surface area contributed by atoms with E-state index in [1.165, 1.54) is 24.3 Å². The number of methoxy groups -OCH3 is 1. The van der Waals surface area contributed by atoms with E-state index in [1.54, 1.807) is 32.2 Å². The van der Waals surface area contributed by atoms with Crippen LogP contribution in [0.15, 0.2) is 66.6 Å². The van der Waals surface area contributed by atoms with Crippen LogP contribution in [0, 0.1) is 12.7 Å². The zero-order valence-electron chi connectivity index (χ0n) is 18.7. The summed E-state index contributed by atoms with van der Waals surface area (Å²) in [4.78, 5) is 25.5. The van der Waals surface area contributed by atoms with Crippen LogP contribution in [0.5, 0.6) is 17.2 Å². The number of hydrogen-bond donors (Lipinski definition) is 0. The molecule has 1 aromatic heterocycles. The van der Waals surface area contributed by atoms with Crippen molar-refractivity contribution in [2.45, 2.75) is 6.92 Å². The molecule has 0 saturated heterocycles. The van der Waals surface area contributed by atoms with E-state index in [9.17, 15) is 14.0 Å². The zero-order valence-corrected chi connectivity index (χ0v) is 18.7. The highest BCUT2D eigenvalue weighted by Crippen LogP contribution is 2.38. The SMILES string of the molecule is COc1ccc2c(c1)c(/C=C1\Oc3cc(OC(=O)c4ccccc4F)cc(C)c3C1=O)cn2C. The smallest absolute Gasteiger partial charge is 0.346 e. The molecule has 0 fully saturated rings. The zero-order chi connectivity index (χ0) is 24.0. The number of fused-ring (bicyclic) bond motifs is 2. The van der Waals surface area contributed by atoms with Crippen LogP contribution in [-0.2, 0) is 7.05 Å². The minimum Gasteiger partial charge on any atom is -0.497 e. The molecule has 0 aliphatic carbocycles. The van der Waals surface area contributed by atoms with Crippen LogP contribution in [0.2, 0.25) is 0 Å². The number of Topliss-reactive ketones (excluding diaryl/α,β-unsaturated/α-hetero) is 1. The number of nitrogens with zero attached hydrogens (tertiary/aromatic N) is 1. The summed E-state index contributed by atoms with van der Waals surface area (Å²) in [6.45, 7) is 1.73. The van der Waals surface area contributed by atoms with Crippen LogP contribution in [0.25, 0.3) is 17.0 Å². The van der Waals surface area contributed by atoms with Crippen LogP contribution in [0.4, 0.5) is 4.39 Å². The van der Waals surface area contributed by atoms with Gasteiger partial charge >= 0.3 is 5.97 Å². The van der Waals surface area contributed by atoms with Gasteiger partial charge in [-0.1, -0.05) is 12.1 Å². The highest BCUT2D eigenvalue weighted by atomic mass is 19.1. The summed E-state index contributed by atoms with van der Waals surface area (Å²) in [7, 11) is 3.52. The lowest BCUT2D eigenvalue weighted by molar-refractivity contribution is 0.0729. The molecule has 34 heavy (non-hydrogen) atoms. The number of ether oxygens (including phenoxy) is 3. The fraction of sp³-hybridized carbons (Fsp3) is 0.111. The maximum absolute atomic E-state index is 13.9. The first kappa shape index (κ1) is 21.5. The van der Waals surface area contributed by atoms with Gasteiger partial charge in [-0.05, 0) is 55.0 Å². The molecule has 0 atom stereocenters. The Morgan fingerprint density at radius 2 is 1.88 bits per heavy atom. The highest BCUT2D eigenvalue weighted by Gasteiger charge is 2.31. The minimum atomic E-state index is -0.831. The lowest BCUT2D eigenvalue weighted by atomic mass is 10.0. The van der Waals surface area contributed by atoms with E-state index < -0.39 is 11.8 Å². The van der Waals surface area contributed by atoms with E-state index in [0.717, 1.165) is 16.5 Å². The number of esters is 1. The number of ketones is 1. The molecule has 0 radical (unpaired) electrons. The molecule has 170 valence electrons. The van der Waals surface area contributed by atoms with Crippen molar-refractivity contribution in [2.75, 3.05) is 7.11 Å². The first-order valence-electron chi connectivity index (χ1n) is 10.5. The Bertz CT molecular complexity index is 1520. The van der Waals surface area contributed by atoms with Crippen LogP contribution >= 0.6 is 0 Å². The lowest BCUT2D eigenvalue weighted by Crippen LogP contribution is -2.10. The van der Waals surface area contributed by atoms with E-state index in [2.05, 4.69) is 0 Å². The van der Waals surface area contributed by atoms with Gasteiger partial charge < -0.3 is 18.8 Å². The van der Waals surface area contributed by atoms with Crippen LogP contribution in [-0.4, -0.2) is 23.4 Å². The molecule has 7 heteroatoms. The molecule has 0 amide bonds. The largest absolute Gasteiger partial charge is 0.497 e. The summed E-state index contributed by atoms with van der Waals surface area (Å²) in [5.41, 5.74) is 2.59. The molecule has 0 spiro atoms. The average molecular weight is 457 g/mol. The summed E-state index contributed by atoms with van der Waals surface area (Å²) in [5, 5.41) is 0.915. The molecule has 4 aromatic rings. The van der Waals surface area contributed by atoms with Gasteiger partial charge in [0.15, 0.2) is 5.76 Å². The summed E-state index contributed by atoms with van der Waals surface area (Å²) >= 11 is 0. The predicted molar refractivity (Wildman–Crippen MR) is 125 cm³/mol. The van der Waals surface area contributed by atoms with Gasteiger partial charge in [0, 0.05) is 35.8 Å². The molecule has 2 heterocycles. The normalized spacial score (nSPS) is 13.8. The average Bonchev–Trinajstić information content (AvgIpc) is 3.30. The Balaban J connectivity index is 1.48. The van der Waals surface area contributed by atoms with Crippen molar-refractivity contribution in [3.63, 3.8) is 0 Å². The van der Waals surface area contributed by atoms with Gasteiger partial charge in [-0.3, -0.25) is 4.79 Å². The first-order valence-corrected chi connectivity index (χ1v) is 10.5. The Kier molecular flexibility index (Phi) is 5.17. The molecular formula is C27H20FNO5. The number of aromatic nitrogens is 1. The Hall–Kier alpha value is -4.39. The number of allylic oxidation sites excluding steroid dienone is 1. The lowest BCUT2D eigenvalue weighted by Gasteiger charge is -2.08. The minimum absolute atomic E-state index is 0.158. The Morgan fingerprint density at radius 1 is 1.09 bits per heavy atom. The molecule has 3 aromatic carbocycles. The number of carbonyl (C=O) groups is 2. The summed E-state index contributed by atoms with van der Waals surface area (Å²) < 4.78 is 32.4. The second-order valence-electron chi connectivity index (χ2n) is 8.00. The van der Waals surface area contributed by atoms with E-state index in [0.29, 0.717) is 16.9 Å². The Labute approximate surface area is 194 Å². The second kappa shape index (κ2) is 8.19. The molecule has 1 aliphatic rings. The van der Waals surface area contributed by atoms with Crippen LogP contribution < -0.4 is 14.2 Å². The number of benzene rings is 3. The van der Waals surface area contributed by atoms with Gasteiger partial charge in [0.25, 0.3) is 0 Å². The Morgan fingerprint density at radius 3 is 2.65 bits per heavy atom. The van der Waals surface area contributed by atoms with E-state index in [-0.39, 0.29) is 28.6 Å². The van der Waals surface area contributed by atoms with Crippen molar-refractivity contribution in [1.29, 1.82) is 0 Å². The number of aryl methyl sites for hydroxylation is 2. The van der Waals surface area contributed by atoms with Gasteiger partial charge in [-0.15, -0.1) is 0 Å². The summed E-state index contributed by atoms with van der Waals surface area (Å²) in [6.07, 6.45) is 3.60. The number of hydrogen-bond acceptors (Lipinski definition) is 5. The van der Waals surface area contributed by atoms with E-state index in [1.807, 2.05) is 36.0 Å². The van der Waals surface area contributed by atoms with Crippen LogP contribution in [0.1, 0.15) is 31.8 Å². The van der Waals surface area contributed by atoms with Crippen molar-refractivity contribution >= 4 is 28.7 Å². The predicted octanol–water partition coefficient (Wildman–Crippen LogP) is 5.47. The van der Waals surface area contributed by atoms with E-state index >= 15 is 0 Å². The fourth-order valence-corrected chi connectivity index (χ4v) is 4.11. The van der Waals surface area contributed by atoms with Gasteiger partial charge in [0.2, 0.25) is 5.78 Å². The third-order valence-corrected chi connectivity index (χ3v) is 5.76. The molecule has 5 rings (SSSR count). The molecule has 0 bridgehead atoms. The van der Waals surface area contributed by atoms with Gasteiger partial charge in [-0.25, -0.2) is 9.18 Å². The fourth-order valence-electron chi connectivity index (χ4n) is 4.11.